The van der Waals surface area contributed by atoms with E-state index in [4.69, 9.17) is 4.74 Å². The molecule has 5 nitrogen and oxygen atoms in total. The number of ether oxygens (including phenoxy) is 1. The van der Waals surface area contributed by atoms with Crippen molar-refractivity contribution in [3.63, 3.8) is 0 Å². The molecular weight excluding hydrogens is 275 g/mol. The van der Waals surface area contributed by atoms with Crippen molar-refractivity contribution in [3.05, 3.63) is 29.6 Å². The van der Waals surface area contributed by atoms with E-state index in [0.717, 1.165) is 12.8 Å². The lowest BCUT2D eigenvalue weighted by Crippen LogP contribution is -2.45. The Bertz CT molecular complexity index is 534. The highest BCUT2D eigenvalue weighted by atomic mass is 19.1. The highest BCUT2D eigenvalue weighted by Gasteiger charge is 2.22. The quantitative estimate of drug-likeness (QED) is 0.875. The predicted octanol–water partition coefficient (Wildman–Crippen LogP) is 1.16. The summed E-state index contributed by atoms with van der Waals surface area (Å²) in [6.45, 7) is 0.648. The van der Waals surface area contributed by atoms with E-state index < -0.39 is 11.9 Å². The van der Waals surface area contributed by atoms with Gasteiger partial charge in [-0.05, 0) is 37.0 Å². The summed E-state index contributed by atoms with van der Waals surface area (Å²) < 4.78 is 18.4. The van der Waals surface area contributed by atoms with Crippen LogP contribution in [0.3, 0.4) is 0 Å². The van der Waals surface area contributed by atoms with Crippen LogP contribution in [0.4, 0.5) is 4.39 Å². The van der Waals surface area contributed by atoms with Gasteiger partial charge < -0.3 is 15.4 Å². The summed E-state index contributed by atoms with van der Waals surface area (Å²) in [4.78, 5) is 23.7. The van der Waals surface area contributed by atoms with Crippen LogP contribution in [0, 0.1) is 5.82 Å². The van der Waals surface area contributed by atoms with Crippen LogP contribution in [0.1, 0.15) is 24.8 Å². The Balaban J connectivity index is 1.94. The number of methoxy groups -OCH3 is 1. The molecule has 0 unspecified atom stereocenters. The molecule has 0 spiro atoms. The molecule has 0 bridgehead atoms. The Morgan fingerprint density at radius 1 is 1.48 bits per heavy atom. The van der Waals surface area contributed by atoms with Crippen molar-refractivity contribution in [3.8, 4) is 5.75 Å². The number of benzene rings is 1. The van der Waals surface area contributed by atoms with Gasteiger partial charge in [-0.2, -0.15) is 0 Å². The maximum Gasteiger partial charge on any atom is 0.242 e. The summed E-state index contributed by atoms with van der Waals surface area (Å²) in [5.74, 6) is -0.805. The van der Waals surface area contributed by atoms with Crippen LogP contribution in [-0.4, -0.2) is 31.5 Å². The number of nitrogens with one attached hydrogen (secondary N) is 2. The third kappa shape index (κ3) is 4.18. The average molecular weight is 294 g/mol. The molecule has 1 aliphatic rings. The second-order valence-electron chi connectivity index (χ2n) is 5.05. The first-order valence-electron chi connectivity index (χ1n) is 6.99. The Hall–Kier alpha value is -2.11. The first-order chi connectivity index (χ1) is 10.1. The SMILES string of the molecule is COc1ccc(CC(=O)N[C@@H]2CCCCNC2=O)cc1F. The van der Waals surface area contributed by atoms with Gasteiger partial charge in [-0.3, -0.25) is 9.59 Å². The molecule has 1 atom stereocenters. The van der Waals surface area contributed by atoms with Gasteiger partial charge in [0.2, 0.25) is 11.8 Å². The summed E-state index contributed by atoms with van der Waals surface area (Å²) in [7, 11) is 1.38. The number of carbonyl (C=O) groups excluding carboxylic acids is 2. The molecule has 6 heteroatoms. The third-order valence-corrected chi connectivity index (χ3v) is 3.45. The minimum atomic E-state index is -0.505. The van der Waals surface area contributed by atoms with Crippen LogP contribution >= 0.6 is 0 Å². The van der Waals surface area contributed by atoms with Gasteiger partial charge in [0.05, 0.1) is 13.5 Å². The molecule has 2 amide bonds. The summed E-state index contributed by atoms with van der Waals surface area (Å²) in [6, 6.07) is 3.89. The van der Waals surface area contributed by atoms with E-state index in [-0.39, 0.29) is 24.0 Å². The van der Waals surface area contributed by atoms with E-state index >= 15 is 0 Å². The summed E-state index contributed by atoms with van der Waals surface area (Å²) in [5, 5.41) is 5.46. The lowest BCUT2D eigenvalue weighted by atomic mass is 10.1. The lowest BCUT2D eigenvalue weighted by molar-refractivity contribution is -0.128. The van der Waals surface area contributed by atoms with E-state index in [1.807, 2.05) is 0 Å². The van der Waals surface area contributed by atoms with Gasteiger partial charge in [0.1, 0.15) is 6.04 Å². The van der Waals surface area contributed by atoms with Crippen LogP contribution in [0.2, 0.25) is 0 Å². The van der Waals surface area contributed by atoms with Crippen molar-refractivity contribution in [2.75, 3.05) is 13.7 Å². The third-order valence-electron chi connectivity index (χ3n) is 3.45. The first kappa shape index (κ1) is 15.3. The van der Waals surface area contributed by atoms with Gasteiger partial charge in [0.25, 0.3) is 0 Å². The van der Waals surface area contributed by atoms with Crippen molar-refractivity contribution in [2.45, 2.75) is 31.7 Å². The van der Waals surface area contributed by atoms with Crippen molar-refractivity contribution >= 4 is 11.8 Å². The summed E-state index contributed by atoms with van der Waals surface area (Å²) >= 11 is 0. The lowest BCUT2D eigenvalue weighted by Gasteiger charge is -2.15. The van der Waals surface area contributed by atoms with Crippen molar-refractivity contribution in [2.24, 2.45) is 0 Å². The molecule has 0 aromatic heterocycles. The van der Waals surface area contributed by atoms with Crippen molar-refractivity contribution < 1.29 is 18.7 Å². The van der Waals surface area contributed by atoms with E-state index in [0.29, 0.717) is 18.5 Å². The van der Waals surface area contributed by atoms with E-state index in [9.17, 15) is 14.0 Å². The zero-order valence-electron chi connectivity index (χ0n) is 11.9. The molecule has 21 heavy (non-hydrogen) atoms. The van der Waals surface area contributed by atoms with Gasteiger partial charge in [-0.25, -0.2) is 4.39 Å². The van der Waals surface area contributed by atoms with Crippen LogP contribution in [0.25, 0.3) is 0 Å². The predicted molar refractivity (Wildman–Crippen MR) is 75.4 cm³/mol. The van der Waals surface area contributed by atoms with Gasteiger partial charge in [0, 0.05) is 6.54 Å². The fourth-order valence-corrected chi connectivity index (χ4v) is 2.33. The van der Waals surface area contributed by atoms with E-state index in [1.54, 1.807) is 6.07 Å². The molecule has 0 radical (unpaired) electrons. The van der Waals surface area contributed by atoms with Crippen LogP contribution < -0.4 is 15.4 Å². The minimum absolute atomic E-state index is 0.0324. The molecule has 1 fully saturated rings. The maximum atomic E-state index is 13.6. The Labute approximate surface area is 122 Å². The molecule has 0 saturated carbocycles. The number of hydrogen-bond acceptors (Lipinski definition) is 3. The Morgan fingerprint density at radius 2 is 2.29 bits per heavy atom. The smallest absolute Gasteiger partial charge is 0.242 e. The largest absolute Gasteiger partial charge is 0.494 e. The van der Waals surface area contributed by atoms with Gasteiger partial charge in [0.15, 0.2) is 11.6 Å². The summed E-state index contributed by atoms with van der Waals surface area (Å²) in [6.07, 6.45) is 2.47. The van der Waals surface area contributed by atoms with Gasteiger partial charge >= 0.3 is 0 Å². The molecule has 2 rings (SSSR count). The molecule has 0 aliphatic carbocycles. The van der Waals surface area contributed by atoms with Crippen LogP contribution in [0.5, 0.6) is 5.75 Å². The zero-order valence-corrected chi connectivity index (χ0v) is 11.9. The monoisotopic (exact) mass is 294 g/mol. The topological polar surface area (TPSA) is 67.4 Å². The van der Waals surface area contributed by atoms with E-state index in [1.165, 1.54) is 19.2 Å². The van der Waals surface area contributed by atoms with Crippen LogP contribution in [0.15, 0.2) is 18.2 Å². The maximum absolute atomic E-state index is 13.6. The van der Waals surface area contributed by atoms with Crippen molar-refractivity contribution in [1.29, 1.82) is 0 Å². The summed E-state index contributed by atoms with van der Waals surface area (Å²) in [5.41, 5.74) is 0.542. The minimum Gasteiger partial charge on any atom is -0.494 e. The van der Waals surface area contributed by atoms with Gasteiger partial charge in [-0.1, -0.05) is 6.07 Å². The normalized spacial score (nSPS) is 18.6. The first-order valence-corrected chi connectivity index (χ1v) is 6.99. The van der Waals surface area contributed by atoms with Crippen molar-refractivity contribution in [1.82, 2.24) is 10.6 Å². The molecule has 2 N–H and O–H groups in total. The Morgan fingerprint density at radius 3 is 3.00 bits per heavy atom. The highest BCUT2D eigenvalue weighted by molar-refractivity contribution is 5.88. The second-order valence-corrected chi connectivity index (χ2v) is 5.05. The number of halogens is 1. The van der Waals surface area contributed by atoms with E-state index in [2.05, 4.69) is 10.6 Å². The number of hydrogen-bond donors (Lipinski definition) is 2. The molecule has 1 saturated heterocycles. The molecule has 1 heterocycles. The van der Waals surface area contributed by atoms with Crippen LogP contribution in [-0.2, 0) is 16.0 Å². The number of amides is 2. The van der Waals surface area contributed by atoms with Gasteiger partial charge in [-0.15, -0.1) is 0 Å². The second kappa shape index (κ2) is 7.06. The molecule has 1 aromatic carbocycles. The fourth-order valence-electron chi connectivity index (χ4n) is 2.33. The standard InChI is InChI=1S/C15H19FN2O3/c1-21-13-6-5-10(8-11(13)16)9-14(19)18-12-4-2-3-7-17-15(12)20/h5-6,8,12H,2-4,7,9H2,1H3,(H,17,20)(H,18,19)/t12-/m1/s1. The number of carbonyl (C=O) groups is 2. The molecule has 1 aromatic rings. The highest BCUT2D eigenvalue weighted by Crippen LogP contribution is 2.18. The molecule has 114 valence electrons. The molecular formula is C15H19FN2O3. The Kier molecular flexibility index (Phi) is 5.14. The molecule has 1 aliphatic heterocycles. The average Bonchev–Trinajstić information content (AvgIpc) is 2.64. The number of rotatable bonds is 4. The zero-order chi connectivity index (χ0) is 15.2. The fraction of sp³-hybridized carbons (Fsp3) is 0.467.